The molecule has 9 nitrogen and oxygen atoms in total. The van der Waals surface area contributed by atoms with Crippen LogP contribution >= 0.6 is 0 Å². The van der Waals surface area contributed by atoms with Gasteiger partial charge in [0.05, 0.1) is 16.8 Å². The Morgan fingerprint density at radius 1 is 0.952 bits per heavy atom. The maximum atomic E-state index is 14.2. The molecule has 1 aromatic heterocycles. The Balaban J connectivity index is 1.32. The molecule has 4 aromatic rings. The number of anilines is 1. The van der Waals surface area contributed by atoms with Crippen LogP contribution in [0.4, 0.5) is 5.69 Å². The third-order valence-corrected chi connectivity index (χ3v) is 8.40. The fourth-order valence-electron chi connectivity index (χ4n) is 6.23. The molecule has 0 aliphatic carbocycles. The van der Waals surface area contributed by atoms with Crippen molar-refractivity contribution < 1.29 is 24.2 Å². The number of benzene rings is 3. The van der Waals surface area contributed by atoms with Gasteiger partial charge in [0.1, 0.15) is 5.75 Å². The molecule has 7 rings (SSSR count). The van der Waals surface area contributed by atoms with Gasteiger partial charge in [-0.2, -0.15) is 0 Å². The van der Waals surface area contributed by atoms with Crippen LogP contribution in [0.15, 0.2) is 66.7 Å². The van der Waals surface area contributed by atoms with E-state index < -0.39 is 0 Å². The summed E-state index contributed by atoms with van der Waals surface area (Å²) in [5, 5.41) is 13.2. The first kappa shape index (κ1) is 26.2. The van der Waals surface area contributed by atoms with Gasteiger partial charge in [-0.05, 0) is 66.9 Å². The molecule has 0 spiro atoms. The number of aromatic hydroxyl groups is 1. The van der Waals surface area contributed by atoms with Crippen molar-refractivity contribution in [1.82, 2.24) is 14.8 Å². The fourth-order valence-corrected chi connectivity index (χ4v) is 6.23. The van der Waals surface area contributed by atoms with Crippen molar-refractivity contribution in [3.8, 4) is 28.5 Å². The number of aromatic nitrogens is 1. The standard InChI is InChI=1S/C33H32N4O5/c1-2-36(23-7-9-24(38)10-8-23)33(40)27-15-28(37-14-12-34-18-29(27)37)25-16-30-31(42-20-41-30)17-26(25)32(39)35-13-11-21-5-3-4-6-22(21)19-35/h3-10,15-17,34,38H,2,11-14,18-20H2,1H3. The topological polar surface area (TPSA) is 96.3 Å². The van der Waals surface area contributed by atoms with Gasteiger partial charge in [-0.1, -0.05) is 24.3 Å². The van der Waals surface area contributed by atoms with E-state index in [1.807, 2.05) is 36.1 Å². The van der Waals surface area contributed by atoms with E-state index >= 15 is 0 Å². The van der Waals surface area contributed by atoms with Crippen LogP contribution < -0.4 is 19.7 Å². The lowest BCUT2D eigenvalue weighted by Crippen LogP contribution is -2.36. The third kappa shape index (κ3) is 4.46. The normalized spacial score (nSPS) is 15.2. The Morgan fingerprint density at radius 2 is 1.71 bits per heavy atom. The number of hydrogen-bond donors (Lipinski definition) is 2. The van der Waals surface area contributed by atoms with Crippen LogP contribution in [0.2, 0.25) is 0 Å². The van der Waals surface area contributed by atoms with E-state index in [2.05, 4.69) is 22.0 Å². The predicted octanol–water partition coefficient (Wildman–Crippen LogP) is 4.56. The first-order chi connectivity index (χ1) is 20.5. The third-order valence-electron chi connectivity index (χ3n) is 8.40. The molecule has 0 saturated carbocycles. The van der Waals surface area contributed by atoms with Gasteiger partial charge < -0.3 is 34.3 Å². The van der Waals surface area contributed by atoms with Crippen LogP contribution in [-0.2, 0) is 26.1 Å². The number of phenolic OH excluding ortho intramolecular Hbond substituents is 1. The zero-order valence-corrected chi connectivity index (χ0v) is 23.4. The maximum Gasteiger partial charge on any atom is 0.260 e. The average Bonchev–Trinajstić information content (AvgIpc) is 3.65. The van der Waals surface area contributed by atoms with Crippen molar-refractivity contribution in [3.05, 3.63) is 94.7 Å². The SMILES string of the molecule is CCN(C(=O)c1cc(-c2cc3c(cc2C(=O)N2CCc4ccccc4C2)OCO3)n2c1CNCC2)c1ccc(O)cc1. The number of hydrogen-bond acceptors (Lipinski definition) is 6. The molecular formula is C33H32N4O5. The van der Waals surface area contributed by atoms with E-state index in [0.29, 0.717) is 61.0 Å². The van der Waals surface area contributed by atoms with E-state index in [4.69, 9.17) is 9.47 Å². The lowest BCUT2D eigenvalue weighted by Gasteiger charge is -2.30. The molecule has 214 valence electrons. The summed E-state index contributed by atoms with van der Waals surface area (Å²) >= 11 is 0. The highest BCUT2D eigenvalue weighted by Gasteiger charge is 2.32. The Labute approximate surface area is 243 Å². The number of carbonyl (C=O) groups is 2. The Kier molecular flexibility index (Phi) is 6.59. The van der Waals surface area contributed by atoms with Crippen molar-refractivity contribution in [3.63, 3.8) is 0 Å². The summed E-state index contributed by atoms with van der Waals surface area (Å²) in [4.78, 5) is 31.8. The van der Waals surface area contributed by atoms with Crippen LogP contribution in [0.5, 0.6) is 17.2 Å². The summed E-state index contributed by atoms with van der Waals surface area (Å²) < 4.78 is 13.6. The molecule has 2 amide bonds. The Bertz CT molecular complexity index is 1690. The van der Waals surface area contributed by atoms with Crippen molar-refractivity contribution in [2.45, 2.75) is 33.0 Å². The molecular weight excluding hydrogens is 532 g/mol. The van der Waals surface area contributed by atoms with Crippen molar-refractivity contribution in [2.24, 2.45) is 0 Å². The number of carbonyl (C=O) groups excluding carboxylic acids is 2. The molecule has 3 aliphatic rings. The van der Waals surface area contributed by atoms with Gasteiger partial charge in [0.2, 0.25) is 6.79 Å². The lowest BCUT2D eigenvalue weighted by atomic mass is 9.97. The summed E-state index contributed by atoms with van der Waals surface area (Å²) in [6, 6.07) is 20.5. The minimum absolute atomic E-state index is 0.0746. The first-order valence-corrected chi connectivity index (χ1v) is 14.4. The monoisotopic (exact) mass is 564 g/mol. The van der Waals surface area contributed by atoms with Crippen LogP contribution in [0, 0.1) is 0 Å². The number of amides is 2. The maximum absolute atomic E-state index is 14.2. The van der Waals surface area contributed by atoms with Crippen LogP contribution in [-0.4, -0.2) is 52.8 Å². The number of nitrogens with zero attached hydrogens (tertiary/aromatic N) is 3. The molecule has 0 saturated heterocycles. The molecule has 0 bridgehead atoms. The summed E-state index contributed by atoms with van der Waals surface area (Å²) in [5.74, 6) is 1.07. The molecule has 2 N–H and O–H groups in total. The quantitative estimate of drug-likeness (QED) is 0.369. The van der Waals surface area contributed by atoms with E-state index in [1.165, 1.54) is 5.56 Å². The Hall–Kier alpha value is -4.76. The Morgan fingerprint density at radius 3 is 2.50 bits per heavy atom. The number of ether oxygens (including phenoxy) is 2. The summed E-state index contributed by atoms with van der Waals surface area (Å²) in [6.45, 7) is 5.59. The molecule has 3 aliphatic heterocycles. The van der Waals surface area contributed by atoms with Crippen molar-refractivity contribution >= 4 is 17.5 Å². The van der Waals surface area contributed by atoms with Crippen LogP contribution in [0.1, 0.15) is 44.5 Å². The fraction of sp³-hybridized carbons (Fsp3) is 0.273. The minimum atomic E-state index is -0.136. The summed E-state index contributed by atoms with van der Waals surface area (Å²) in [7, 11) is 0. The van der Waals surface area contributed by atoms with Gasteiger partial charge in [-0.3, -0.25) is 9.59 Å². The van der Waals surface area contributed by atoms with Crippen molar-refractivity contribution in [1.29, 1.82) is 0 Å². The highest BCUT2D eigenvalue weighted by atomic mass is 16.7. The molecule has 0 radical (unpaired) electrons. The molecule has 4 heterocycles. The predicted molar refractivity (Wildman–Crippen MR) is 158 cm³/mol. The second-order valence-electron chi connectivity index (χ2n) is 10.8. The van der Waals surface area contributed by atoms with Crippen LogP contribution in [0.25, 0.3) is 11.3 Å². The molecule has 0 atom stereocenters. The van der Waals surface area contributed by atoms with E-state index in [1.54, 1.807) is 35.2 Å². The highest BCUT2D eigenvalue weighted by molar-refractivity contribution is 6.09. The van der Waals surface area contributed by atoms with Gasteiger partial charge in [0, 0.05) is 56.2 Å². The average molecular weight is 565 g/mol. The van der Waals surface area contributed by atoms with Gasteiger partial charge >= 0.3 is 0 Å². The van der Waals surface area contributed by atoms with E-state index in [-0.39, 0.29) is 24.4 Å². The lowest BCUT2D eigenvalue weighted by molar-refractivity contribution is 0.0735. The zero-order chi connectivity index (χ0) is 28.8. The zero-order valence-electron chi connectivity index (χ0n) is 23.4. The number of phenols is 1. The largest absolute Gasteiger partial charge is 0.508 e. The molecule has 0 unspecified atom stereocenters. The summed E-state index contributed by atoms with van der Waals surface area (Å²) in [6.07, 6.45) is 0.802. The molecule has 0 fully saturated rings. The molecule has 9 heteroatoms. The number of rotatable bonds is 5. The first-order valence-electron chi connectivity index (χ1n) is 14.4. The van der Waals surface area contributed by atoms with Gasteiger partial charge in [0.15, 0.2) is 11.5 Å². The minimum Gasteiger partial charge on any atom is -0.508 e. The smallest absolute Gasteiger partial charge is 0.260 e. The number of fused-ring (bicyclic) bond motifs is 3. The molecule has 3 aromatic carbocycles. The van der Waals surface area contributed by atoms with Gasteiger partial charge in [-0.25, -0.2) is 0 Å². The summed E-state index contributed by atoms with van der Waals surface area (Å²) in [5.41, 5.74) is 6.65. The second-order valence-corrected chi connectivity index (χ2v) is 10.8. The highest BCUT2D eigenvalue weighted by Crippen LogP contribution is 2.41. The van der Waals surface area contributed by atoms with Crippen molar-refractivity contribution in [2.75, 3.05) is 31.3 Å². The van der Waals surface area contributed by atoms with E-state index in [9.17, 15) is 14.7 Å². The van der Waals surface area contributed by atoms with E-state index in [0.717, 1.165) is 35.5 Å². The van der Waals surface area contributed by atoms with Gasteiger partial charge in [-0.15, -0.1) is 0 Å². The van der Waals surface area contributed by atoms with Gasteiger partial charge in [0.25, 0.3) is 11.8 Å². The number of nitrogens with one attached hydrogen (secondary N) is 1. The second kappa shape index (κ2) is 10.6. The molecule has 42 heavy (non-hydrogen) atoms. The van der Waals surface area contributed by atoms with Crippen LogP contribution in [0.3, 0.4) is 0 Å².